The van der Waals surface area contributed by atoms with Crippen LogP contribution in [0.25, 0.3) is 0 Å². The number of fused-ring (bicyclic) bond motifs is 1. The van der Waals surface area contributed by atoms with Gasteiger partial charge in [0.1, 0.15) is 11.6 Å². The second-order valence-corrected chi connectivity index (χ2v) is 4.69. The molecule has 0 saturated heterocycles. The van der Waals surface area contributed by atoms with E-state index in [0.717, 1.165) is 31.0 Å². The molecule has 4 nitrogen and oxygen atoms in total. The van der Waals surface area contributed by atoms with E-state index in [9.17, 15) is 0 Å². The maximum atomic E-state index is 6.34. The number of hydrogen-bond acceptors (Lipinski definition) is 3. The van der Waals surface area contributed by atoms with Crippen molar-refractivity contribution in [3.05, 3.63) is 48.0 Å². The van der Waals surface area contributed by atoms with E-state index in [0.29, 0.717) is 5.92 Å². The van der Waals surface area contributed by atoms with Crippen molar-refractivity contribution in [1.29, 1.82) is 0 Å². The smallest absolute Gasteiger partial charge is 0.122 e. The number of imidazole rings is 1. The second-order valence-electron chi connectivity index (χ2n) is 4.69. The van der Waals surface area contributed by atoms with Gasteiger partial charge in [0.25, 0.3) is 0 Å². The van der Waals surface area contributed by atoms with Crippen LogP contribution in [0, 0.1) is 0 Å². The van der Waals surface area contributed by atoms with Gasteiger partial charge in [-0.05, 0) is 18.1 Å². The van der Waals surface area contributed by atoms with Crippen molar-refractivity contribution in [2.45, 2.75) is 24.8 Å². The minimum Gasteiger partial charge on any atom is -0.493 e. The van der Waals surface area contributed by atoms with Crippen LogP contribution in [0.3, 0.4) is 0 Å². The monoisotopic (exact) mass is 243 g/mol. The third kappa shape index (κ3) is 2.11. The van der Waals surface area contributed by atoms with E-state index in [1.54, 1.807) is 6.20 Å². The zero-order valence-electron chi connectivity index (χ0n) is 10.2. The van der Waals surface area contributed by atoms with Gasteiger partial charge < -0.3 is 15.5 Å². The number of H-pyrrole nitrogens is 1. The first-order valence-electron chi connectivity index (χ1n) is 6.30. The molecule has 0 fully saturated rings. The molecule has 0 amide bonds. The van der Waals surface area contributed by atoms with Crippen LogP contribution in [0.15, 0.2) is 36.7 Å². The summed E-state index contributed by atoms with van der Waals surface area (Å²) in [6.45, 7) is 0.744. The summed E-state index contributed by atoms with van der Waals surface area (Å²) in [6.07, 6.45) is 5.34. The van der Waals surface area contributed by atoms with Crippen LogP contribution < -0.4 is 10.5 Å². The SMILES string of the molecule is NC(Cc1ncc[nH]1)C1CCOc2ccccc21. The Morgan fingerprint density at radius 2 is 2.33 bits per heavy atom. The van der Waals surface area contributed by atoms with Crippen LogP contribution >= 0.6 is 0 Å². The number of hydrogen-bond donors (Lipinski definition) is 2. The predicted molar refractivity (Wildman–Crippen MR) is 69.6 cm³/mol. The Bertz CT molecular complexity index is 510. The molecule has 0 aliphatic carbocycles. The molecule has 94 valence electrons. The van der Waals surface area contributed by atoms with Crippen LogP contribution in [0.1, 0.15) is 23.7 Å². The molecule has 4 heteroatoms. The minimum absolute atomic E-state index is 0.0706. The molecule has 3 rings (SSSR count). The average Bonchev–Trinajstić information content (AvgIpc) is 2.91. The van der Waals surface area contributed by atoms with Crippen LogP contribution in [0.2, 0.25) is 0 Å². The molecule has 1 aliphatic rings. The van der Waals surface area contributed by atoms with Gasteiger partial charge in [-0.1, -0.05) is 18.2 Å². The predicted octanol–water partition coefficient (Wildman–Crippen LogP) is 1.85. The highest BCUT2D eigenvalue weighted by Crippen LogP contribution is 2.35. The normalized spacial score (nSPS) is 19.9. The summed E-state index contributed by atoms with van der Waals surface area (Å²) < 4.78 is 5.66. The Hall–Kier alpha value is -1.81. The lowest BCUT2D eigenvalue weighted by atomic mass is 9.85. The number of nitrogens with zero attached hydrogens (tertiary/aromatic N) is 1. The molecule has 18 heavy (non-hydrogen) atoms. The summed E-state index contributed by atoms with van der Waals surface area (Å²) in [6, 6.07) is 8.24. The lowest BCUT2D eigenvalue weighted by Crippen LogP contribution is -2.34. The van der Waals surface area contributed by atoms with Gasteiger partial charge in [0.2, 0.25) is 0 Å². The summed E-state index contributed by atoms with van der Waals surface area (Å²) in [5, 5.41) is 0. The average molecular weight is 243 g/mol. The minimum atomic E-state index is 0.0706. The Morgan fingerprint density at radius 1 is 1.44 bits per heavy atom. The number of aromatic nitrogens is 2. The van der Waals surface area contributed by atoms with Crippen LogP contribution in [-0.2, 0) is 6.42 Å². The van der Waals surface area contributed by atoms with Gasteiger partial charge in [-0.3, -0.25) is 0 Å². The zero-order chi connectivity index (χ0) is 12.4. The molecule has 1 aliphatic heterocycles. The van der Waals surface area contributed by atoms with Crippen molar-refractivity contribution in [2.24, 2.45) is 5.73 Å². The molecule has 0 bridgehead atoms. The van der Waals surface area contributed by atoms with Crippen LogP contribution in [0.4, 0.5) is 0 Å². The summed E-state index contributed by atoms with van der Waals surface area (Å²) in [5.41, 5.74) is 7.56. The number of benzene rings is 1. The van der Waals surface area contributed by atoms with Crippen molar-refractivity contribution < 1.29 is 4.74 Å². The molecule has 3 N–H and O–H groups in total. The molecular weight excluding hydrogens is 226 g/mol. The van der Waals surface area contributed by atoms with Crippen molar-refractivity contribution in [3.63, 3.8) is 0 Å². The number of ether oxygens (including phenoxy) is 1. The first-order valence-corrected chi connectivity index (χ1v) is 6.30. The molecule has 1 aromatic heterocycles. The van der Waals surface area contributed by atoms with Gasteiger partial charge in [-0.25, -0.2) is 4.98 Å². The number of para-hydroxylation sites is 1. The maximum Gasteiger partial charge on any atom is 0.122 e. The quantitative estimate of drug-likeness (QED) is 0.864. The van der Waals surface area contributed by atoms with E-state index < -0.39 is 0 Å². The van der Waals surface area contributed by atoms with Gasteiger partial charge in [0, 0.05) is 30.8 Å². The summed E-state index contributed by atoms with van der Waals surface area (Å²) in [5.74, 6) is 2.27. The fourth-order valence-electron chi connectivity index (χ4n) is 2.59. The van der Waals surface area contributed by atoms with Crippen molar-refractivity contribution in [3.8, 4) is 5.75 Å². The highest BCUT2D eigenvalue weighted by Gasteiger charge is 2.26. The number of nitrogens with two attached hydrogens (primary N) is 1. The lowest BCUT2D eigenvalue weighted by Gasteiger charge is -2.29. The van der Waals surface area contributed by atoms with E-state index in [1.165, 1.54) is 5.56 Å². The Labute approximate surface area is 106 Å². The van der Waals surface area contributed by atoms with E-state index in [2.05, 4.69) is 16.0 Å². The van der Waals surface area contributed by atoms with Gasteiger partial charge in [0.05, 0.1) is 6.61 Å². The number of rotatable bonds is 3. The molecule has 0 saturated carbocycles. The first kappa shape index (κ1) is 11.3. The summed E-state index contributed by atoms with van der Waals surface area (Å²) in [4.78, 5) is 7.35. The molecule has 2 unspecified atom stereocenters. The molecule has 1 aromatic carbocycles. The summed E-state index contributed by atoms with van der Waals surface area (Å²) >= 11 is 0. The van der Waals surface area contributed by atoms with Crippen LogP contribution in [0.5, 0.6) is 5.75 Å². The first-order chi connectivity index (χ1) is 8.84. The van der Waals surface area contributed by atoms with E-state index >= 15 is 0 Å². The van der Waals surface area contributed by atoms with E-state index in [-0.39, 0.29) is 6.04 Å². The van der Waals surface area contributed by atoms with Gasteiger partial charge in [-0.2, -0.15) is 0 Å². The topological polar surface area (TPSA) is 63.9 Å². The second kappa shape index (κ2) is 4.82. The van der Waals surface area contributed by atoms with Gasteiger partial charge >= 0.3 is 0 Å². The van der Waals surface area contributed by atoms with Gasteiger partial charge in [-0.15, -0.1) is 0 Å². The standard InChI is InChI=1S/C14H17N3O/c15-12(9-14-16-6-7-17-14)10-5-8-18-13-4-2-1-3-11(10)13/h1-4,6-7,10,12H,5,8-9,15H2,(H,16,17). The Morgan fingerprint density at radius 3 is 3.17 bits per heavy atom. The third-order valence-electron chi connectivity index (χ3n) is 3.51. The molecule has 0 spiro atoms. The lowest BCUT2D eigenvalue weighted by molar-refractivity contribution is 0.254. The fourth-order valence-corrected chi connectivity index (χ4v) is 2.59. The van der Waals surface area contributed by atoms with E-state index in [1.807, 2.05) is 24.4 Å². The maximum absolute atomic E-state index is 6.34. The van der Waals surface area contributed by atoms with Crippen LogP contribution in [-0.4, -0.2) is 22.6 Å². The molecular formula is C14H17N3O. The third-order valence-corrected chi connectivity index (χ3v) is 3.51. The zero-order valence-corrected chi connectivity index (χ0v) is 10.2. The molecule has 0 radical (unpaired) electrons. The largest absolute Gasteiger partial charge is 0.493 e. The Balaban J connectivity index is 1.80. The molecule has 2 heterocycles. The van der Waals surface area contributed by atoms with Crippen molar-refractivity contribution >= 4 is 0 Å². The Kier molecular flexibility index (Phi) is 3.02. The number of aromatic amines is 1. The van der Waals surface area contributed by atoms with Gasteiger partial charge in [0.15, 0.2) is 0 Å². The van der Waals surface area contributed by atoms with Crippen molar-refractivity contribution in [2.75, 3.05) is 6.61 Å². The molecule has 2 aromatic rings. The number of nitrogens with one attached hydrogen (secondary N) is 1. The van der Waals surface area contributed by atoms with Crippen molar-refractivity contribution in [1.82, 2.24) is 9.97 Å². The molecule has 2 atom stereocenters. The summed E-state index contributed by atoms with van der Waals surface area (Å²) in [7, 11) is 0. The van der Waals surface area contributed by atoms with E-state index in [4.69, 9.17) is 10.5 Å². The highest BCUT2D eigenvalue weighted by atomic mass is 16.5. The highest BCUT2D eigenvalue weighted by molar-refractivity contribution is 5.38. The fraction of sp³-hybridized carbons (Fsp3) is 0.357.